The first-order valence-electron chi connectivity index (χ1n) is 7.03. The number of hydrogen-bond acceptors (Lipinski definition) is 3. The van der Waals surface area contributed by atoms with Crippen LogP contribution in [0, 0.1) is 11.7 Å². The van der Waals surface area contributed by atoms with Gasteiger partial charge in [-0.3, -0.25) is 4.79 Å². The van der Waals surface area contributed by atoms with Gasteiger partial charge < -0.3 is 4.90 Å². The number of hydrogen-bond donors (Lipinski definition) is 0. The molecule has 0 aromatic heterocycles. The van der Waals surface area contributed by atoms with Gasteiger partial charge in [-0.1, -0.05) is 0 Å². The number of nitrogens with zero attached hydrogens (tertiary/aromatic N) is 2. The van der Waals surface area contributed by atoms with Gasteiger partial charge in [0.15, 0.2) is 0 Å². The molecule has 1 saturated carbocycles. The van der Waals surface area contributed by atoms with E-state index in [0.717, 1.165) is 25.0 Å². The Kier molecular flexibility index (Phi) is 3.71. The number of rotatable bonds is 3. The summed E-state index contributed by atoms with van der Waals surface area (Å²) < 4.78 is 39.1. The molecule has 7 heteroatoms. The van der Waals surface area contributed by atoms with Gasteiger partial charge in [0.2, 0.25) is 15.9 Å². The minimum Gasteiger partial charge on any atom is -0.340 e. The highest BCUT2D eigenvalue weighted by molar-refractivity contribution is 7.89. The van der Waals surface area contributed by atoms with Crippen LogP contribution in [0.15, 0.2) is 29.2 Å². The minimum atomic E-state index is -3.60. The summed E-state index contributed by atoms with van der Waals surface area (Å²) >= 11 is 0. The van der Waals surface area contributed by atoms with Crippen LogP contribution in [0.2, 0.25) is 0 Å². The van der Waals surface area contributed by atoms with E-state index in [1.807, 2.05) is 0 Å². The van der Waals surface area contributed by atoms with E-state index in [9.17, 15) is 17.6 Å². The predicted molar refractivity (Wildman–Crippen MR) is 74.5 cm³/mol. The molecule has 1 saturated heterocycles. The lowest BCUT2D eigenvalue weighted by Gasteiger charge is -2.34. The van der Waals surface area contributed by atoms with Crippen molar-refractivity contribution in [2.24, 2.45) is 5.92 Å². The largest absolute Gasteiger partial charge is 0.340 e. The molecule has 2 fully saturated rings. The SMILES string of the molecule is O=C(C1CC1)N1CCN(S(=O)(=O)c2ccc(F)cc2)CC1. The van der Waals surface area contributed by atoms with Crippen LogP contribution in [0.25, 0.3) is 0 Å². The van der Waals surface area contributed by atoms with Gasteiger partial charge in [0, 0.05) is 32.1 Å². The van der Waals surface area contributed by atoms with Crippen LogP contribution in [-0.4, -0.2) is 49.7 Å². The maximum absolute atomic E-state index is 12.9. The topological polar surface area (TPSA) is 57.7 Å². The van der Waals surface area contributed by atoms with Crippen molar-refractivity contribution in [3.05, 3.63) is 30.1 Å². The molecule has 114 valence electrons. The Hall–Kier alpha value is -1.47. The molecule has 2 aliphatic rings. The van der Waals surface area contributed by atoms with Crippen LogP contribution >= 0.6 is 0 Å². The second-order valence-electron chi connectivity index (χ2n) is 5.46. The fraction of sp³-hybridized carbons (Fsp3) is 0.500. The molecule has 1 amide bonds. The van der Waals surface area contributed by atoms with Crippen molar-refractivity contribution in [3.63, 3.8) is 0 Å². The molecular formula is C14H17FN2O3S. The van der Waals surface area contributed by atoms with Gasteiger partial charge in [-0.2, -0.15) is 4.31 Å². The zero-order valence-corrected chi connectivity index (χ0v) is 12.4. The van der Waals surface area contributed by atoms with Gasteiger partial charge >= 0.3 is 0 Å². The molecule has 0 N–H and O–H groups in total. The summed E-state index contributed by atoms with van der Waals surface area (Å²) in [6, 6.07) is 4.82. The zero-order chi connectivity index (χ0) is 15.0. The molecule has 1 aliphatic carbocycles. The van der Waals surface area contributed by atoms with Crippen molar-refractivity contribution in [1.29, 1.82) is 0 Å². The monoisotopic (exact) mass is 312 g/mol. The lowest BCUT2D eigenvalue weighted by Crippen LogP contribution is -2.50. The smallest absolute Gasteiger partial charge is 0.243 e. The quantitative estimate of drug-likeness (QED) is 0.839. The molecule has 0 unspecified atom stereocenters. The van der Waals surface area contributed by atoms with Crippen LogP contribution in [0.3, 0.4) is 0 Å². The van der Waals surface area contributed by atoms with Gasteiger partial charge in [-0.05, 0) is 37.1 Å². The van der Waals surface area contributed by atoms with Crippen LogP contribution in [-0.2, 0) is 14.8 Å². The summed E-state index contributed by atoms with van der Waals surface area (Å²) in [7, 11) is -3.60. The normalized spacial score (nSPS) is 20.5. The Morgan fingerprint density at radius 2 is 1.62 bits per heavy atom. The summed E-state index contributed by atoms with van der Waals surface area (Å²) in [6.45, 7) is 1.43. The van der Waals surface area contributed by atoms with Crippen molar-refractivity contribution in [2.45, 2.75) is 17.7 Å². The number of benzene rings is 1. The van der Waals surface area contributed by atoms with Crippen molar-refractivity contribution in [1.82, 2.24) is 9.21 Å². The van der Waals surface area contributed by atoms with E-state index in [0.29, 0.717) is 13.1 Å². The number of carbonyl (C=O) groups is 1. The van der Waals surface area contributed by atoms with E-state index < -0.39 is 15.8 Å². The first-order chi connectivity index (χ1) is 9.98. The molecule has 1 aromatic carbocycles. The number of amides is 1. The standard InChI is InChI=1S/C14H17FN2O3S/c15-12-3-5-13(6-4-12)21(19,20)17-9-7-16(8-10-17)14(18)11-1-2-11/h3-6,11H,1-2,7-10H2. The molecule has 0 bridgehead atoms. The Balaban J connectivity index is 1.68. The summed E-state index contributed by atoms with van der Waals surface area (Å²) in [6.07, 6.45) is 1.90. The molecule has 3 rings (SSSR count). The third-order valence-electron chi connectivity index (χ3n) is 3.93. The highest BCUT2D eigenvalue weighted by Gasteiger charge is 2.36. The molecule has 1 heterocycles. The third-order valence-corrected chi connectivity index (χ3v) is 5.84. The maximum atomic E-state index is 12.9. The van der Waals surface area contributed by atoms with E-state index >= 15 is 0 Å². The molecule has 1 aromatic rings. The Bertz CT molecular complexity index is 633. The Labute approximate surface area is 123 Å². The third kappa shape index (κ3) is 2.94. The summed E-state index contributed by atoms with van der Waals surface area (Å²) in [5.74, 6) is -0.159. The number of sulfonamides is 1. The van der Waals surface area contributed by atoms with E-state index in [-0.39, 0.29) is 29.8 Å². The van der Waals surface area contributed by atoms with Gasteiger partial charge in [0.25, 0.3) is 0 Å². The van der Waals surface area contributed by atoms with Gasteiger partial charge in [0.05, 0.1) is 4.90 Å². The van der Waals surface area contributed by atoms with Gasteiger partial charge in [-0.15, -0.1) is 0 Å². The van der Waals surface area contributed by atoms with Crippen LogP contribution in [0.1, 0.15) is 12.8 Å². The lowest BCUT2D eigenvalue weighted by atomic mass is 10.3. The van der Waals surface area contributed by atoms with E-state index in [1.165, 1.54) is 16.4 Å². The first kappa shape index (κ1) is 14.5. The fourth-order valence-corrected chi connectivity index (χ4v) is 3.92. The van der Waals surface area contributed by atoms with Crippen molar-refractivity contribution >= 4 is 15.9 Å². The molecule has 0 radical (unpaired) electrons. The summed E-state index contributed by atoms with van der Waals surface area (Å²) in [5.41, 5.74) is 0. The van der Waals surface area contributed by atoms with E-state index in [2.05, 4.69) is 0 Å². The lowest BCUT2D eigenvalue weighted by molar-refractivity contribution is -0.133. The van der Waals surface area contributed by atoms with E-state index in [1.54, 1.807) is 4.90 Å². The average Bonchev–Trinajstić information content (AvgIpc) is 3.32. The van der Waals surface area contributed by atoms with Crippen LogP contribution in [0.4, 0.5) is 4.39 Å². The second kappa shape index (κ2) is 5.38. The highest BCUT2D eigenvalue weighted by Crippen LogP contribution is 2.31. The average molecular weight is 312 g/mol. The van der Waals surface area contributed by atoms with Crippen LogP contribution in [0.5, 0.6) is 0 Å². The van der Waals surface area contributed by atoms with Gasteiger partial charge in [0.1, 0.15) is 5.82 Å². The van der Waals surface area contributed by atoms with Crippen molar-refractivity contribution in [2.75, 3.05) is 26.2 Å². The minimum absolute atomic E-state index is 0.0888. The molecule has 0 atom stereocenters. The number of halogens is 1. The molecular weight excluding hydrogens is 295 g/mol. The summed E-state index contributed by atoms with van der Waals surface area (Å²) in [4.78, 5) is 13.8. The molecule has 21 heavy (non-hydrogen) atoms. The van der Waals surface area contributed by atoms with Crippen molar-refractivity contribution < 1.29 is 17.6 Å². The number of piperazine rings is 1. The molecule has 0 spiro atoms. The van der Waals surface area contributed by atoms with Crippen LogP contribution < -0.4 is 0 Å². The zero-order valence-electron chi connectivity index (χ0n) is 11.5. The van der Waals surface area contributed by atoms with E-state index in [4.69, 9.17) is 0 Å². The first-order valence-corrected chi connectivity index (χ1v) is 8.47. The summed E-state index contributed by atoms with van der Waals surface area (Å²) in [5, 5.41) is 0. The van der Waals surface area contributed by atoms with Gasteiger partial charge in [-0.25, -0.2) is 12.8 Å². The second-order valence-corrected chi connectivity index (χ2v) is 7.40. The molecule has 5 nitrogen and oxygen atoms in total. The van der Waals surface area contributed by atoms with Crippen molar-refractivity contribution in [3.8, 4) is 0 Å². The highest BCUT2D eigenvalue weighted by atomic mass is 32.2. The fourth-order valence-electron chi connectivity index (χ4n) is 2.49. The molecule has 1 aliphatic heterocycles. The number of carbonyl (C=O) groups excluding carboxylic acids is 1. The Morgan fingerprint density at radius 1 is 1.05 bits per heavy atom. The maximum Gasteiger partial charge on any atom is 0.243 e. The predicted octanol–water partition coefficient (Wildman–Crippen LogP) is 1.07. The Morgan fingerprint density at radius 3 is 2.14 bits per heavy atom.